The Kier molecular flexibility index (Phi) is 8.93. The number of aliphatic hydroxyl groups excluding tert-OH is 1. The van der Waals surface area contributed by atoms with Crippen LogP contribution in [-0.4, -0.2) is 47.5 Å². The van der Waals surface area contributed by atoms with Crippen molar-refractivity contribution in [3.05, 3.63) is 47.5 Å². The highest BCUT2D eigenvalue weighted by atomic mass is 16.5. The van der Waals surface area contributed by atoms with E-state index in [1.54, 1.807) is 37.3 Å². The first kappa shape index (κ1) is 30.5. The van der Waals surface area contributed by atoms with Crippen molar-refractivity contribution in [1.82, 2.24) is 5.32 Å². The summed E-state index contributed by atoms with van der Waals surface area (Å²) in [5.74, 6) is 0.225. The van der Waals surface area contributed by atoms with Crippen molar-refractivity contribution in [2.75, 3.05) is 6.61 Å². The Hall–Kier alpha value is -3.00. The van der Waals surface area contributed by atoms with E-state index in [2.05, 4.69) is 19.2 Å². The number of ketones is 1. The molecule has 4 aliphatic carbocycles. The quantitative estimate of drug-likeness (QED) is 0.396. The Labute approximate surface area is 248 Å². The molecule has 2 N–H and O–H groups in total. The summed E-state index contributed by atoms with van der Waals surface area (Å²) in [4.78, 5) is 50.4. The summed E-state index contributed by atoms with van der Waals surface area (Å²) in [6, 6.07) is 7.32. The van der Waals surface area contributed by atoms with Gasteiger partial charge >= 0.3 is 11.9 Å². The number of hydrogen-bond donors (Lipinski definition) is 2. The smallest absolute Gasteiger partial charge is 0.331 e. The molecule has 0 aromatic heterocycles. The van der Waals surface area contributed by atoms with Gasteiger partial charge in [-0.15, -0.1) is 0 Å². The monoisotopic (exact) mass is 579 g/mol. The van der Waals surface area contributed by atoms with Gasteiger partial charge in [0.2, 0.25) is 5.91 Å². The van der Waals surface area contributed by atoms with Crippen molar-refractivity contribution in [3.8, 4) is 0 Å². The number of amides is 1. The van der Waals surface area contributed by atoms with Gasteiger partial charge in [0.15, 0.2) is 11.8 Å². The number of carbonyl (C=O) groups is 4. The molecule has 3 saturated carbocycles. The van der Waals surface area contributed by atoms with Gasteiger partial charge in [-0.1, -0.05) is 49.8 Å². The lowest BCUT2D eigenvalue weighted by Gasteiger charge is -2.57. The first-order valence-corrected chi connectivity index (χ1v) is 15.7. The van der Waals surface area contributed by atoms with Gasteiger partial charge in [0.05, 0.1) is 13.0 Å². The Morgan fingerprint density at radius 2 is 1.76 bits per heavy atom. The topological polar surface area (TPSA) is 119 Å². The molecule has 3 fully saturated rings. The molecule has 0 radical (unpaired) electrons. The van der Waals surface area contributed by atoms with Crippen LogP contribution in [0.15, 0.2) is 42.0 Å². The van der Waals surface area contributed by atoms with Gasteiger partial charge < -0.3 is 19.9 Å². The van der Waals surface area contributed by atoms with E-state index in [9.17, 15) is 24.3 Å². The molecule has 0 spiro atoms. The summed E-state index contributed by atoms with van der Waals surface area (Å²) in [7, 11) is 0. The molecular weight excluding hydrogens is 534 g/mol. The van der Waals surface area contributed by atoms with E-state index in [-0.39, 0.29) is 42.2 Å². The second-order valence-electron chi connectivity index (χ2n) is 13.2. The minimum atomic E-state index is -1.28. The normalized spacial score (nSPS) is 33.2. The van der Waals surface area contributed by atoms with Crippen molar-refractivity contribution in [3.63, 3.8) is 0 Å². The van der Waals surface area contributed by atoms with E-state index in [0.29, 0.717) is 29.7 Å². The van der Waals surface area contributed by atoms with Crippen molar-refractivity contribution in [2.24, 2.45) is 28.6 Å². The first-order chi connectivity index (χ1) is 20.1. The van der Waals surface area contributed by atoms with Crippen LogP contribution in [0.3, 0.4) is 0 Å². The Morgan fingerprint density at radius 3 is 2.50 bits per heavy atom. The predicted molar refractivity (Wildman–Crippen MR) is 156 cm³/mol. The fraction of sp³-hybridized carbons (Fsp3) is 0.647. The van der Waals surface area contributed by atoms with Crippen LogP contribution in [-0.2, 0) is 28.7 Å². The largest absolute Gasteiger partial charge is 0.464 e. The number of esters is 2. The fourth-order valence-electron chi connectivity index (χ4n) is 8.73. The molecule has 1 aromatic rings. The van der Waals surface area contributed by atoms with Gasteiger partial charge in [-0.05, 0) is 86.7 Å². The van der Waals surface area contributed by atoms with Gasteiger partial charge in [0.25, 0.3) is 0 Å². The standard InChI is InChI=1S/C34H45NO7/c1-4-41-32(40)30(31(39)21-8-6-5-7-9-21)35-28(37)14-15-29(38)42-27-13-12-25-24-11-10-22-20-23(36)16-18-33(22,2)26(24)17-19-34(25,27)3/h5-9,20,24-27,30-31,39H,4,10-19H2,1-3H3,(H,35,37)/t24-,25+,26+,27-,30+,31-,33-,34-/m0/s1. The van der Waals surface area contributed by atoms with Crippen LogP contribution >= 0.6 is 0 Å². The number of ether oxygens (including phenoxy) is 2. The molecule has 228 valence electrons. The van der Waals surface area contributed by atoms with Crippen LogP contribution in [0.2, 0.25) is 0 Å². The molecule has 0 bridgehead atoms. The van der Waals surface area contributed by atoms with E-state index in [1.165, 1.54) is 5.57 Å². The zero-order valence-electron chi connectivity index (χ0n) is 25.1. The maximum atomic E-state index is 13.0. The molecule has 8 nitrogen and oxygen atoms in total. The van der Waals surface area contributed by atoms with Crippen molar-refractivity contribution >= 4 is 23.6 Å². The van der Waals surface area contributed by atoms with Gasteiger partial charge in [-0.3, -0.25) is 14.4 Å². The highest BCUT2D eigenvalue weighted by molar-refractivity contribution is 5.91. The number of hydrogen-bond acceptors (Lipinski definition) is 7. The van der Waals surface area contributed by atoms with Crippen LogP contribution in [0.25, 0.3) is 0 Å². The molecule has 4 aliphatic rings. The van der Waals surface area contributed by atoms with E-state index in [4.69, 9.17) is 9.47 Å². The molecule has 1 amide bonds. The SMILES string of the molecule is CCOC(=O)[C@H](NC(=O)CCC(=O)O[C@H]1CC[C@@H]2[C@@H]3CCC4=CC(=O)CC[C@]4(C)[C@@H]3CC[C@]12C)[C@@H](O)c1ccccc1. The van der Waals surface area contributed by atoms with Crippen LogP contribution in [0.5, 0.6) is 0 Å². The molecule has 0 heterocycles. The zero-order valence-corrected chi connectivity index (χ0v) is 25.1. The van der Waals surface area contributed by atoms with Crippen LogP contribution < -0.4 is 5.32 Å². The molecule has 0 aliphatic heterocycles. The molecule has 8 heteroatoms. The maximum absolute atomic E-state index is 13.0. The minimum absolute atomic E-state index is 0.0874. The minimum Gasteiger partial charge on any atom is -0.464 e. The van der Waals surface area contributed by atoms with E-state index < -0.39 is 30.0 Å². The van der Waals surface area contributed by atoms with Crippen LogP contribution in [0.4, 0.5) is 0 Å². The average molecular weight is 580 g/mol. The van der Waals surface area contributed by atoms with Crippen molar-refractivity contribution in [2.45, 2.75) is 103 Å². The molecule has 0 saturated heterocycles. The Morgan fingerprint density at radius 1 is 1.00 bits per heavy atom. The lowest BCUT2D eigenvalue weighted by molar-refractivity contribution is -0.160. The highest BCUT2D eigenvalue weighted by Crippen LogP contribution is 2.65. The predicted octanol–water partition coefficient (Wildman–Crippen LogP) is 4.99. The number of fused-ring (bicyclic) bond motifs is 5. The number of benzene rings is 1. The maximum Gasteiger partial charge on any atom is 0.331 e. The zero-order chi connectivity index (χ0) is 30.1. The summed E-state index contributed by atoms with van der Waals surface area (Å²) >= 11 is 0. The van der Waals surface area contributed by atoms with Crippen LogP contribution in [0.1, 0.15) is 96.6 Å². The van der Waals surface area contributed by atoms with Gasteiger partial charge in [-0.25, -0.2) is 4.79 Å². The summed E-state index contributed by atoms with van der Waals surface area (Å²) in [6.07, 6.45) is 7.81. The molecule has 5 rings (SSSR count). The van der Waals surface area contributed by atoms with Gasteiger partial charge in [0, 0.05) is 18.3 Å². The van der Waals surface area contributed by atoms with E-state index in [1.807, 2.05) is 6.08 Å². The lowest BCUT2D eigenvalue weighted by Crippen LogP contribution is -2.51. The third-order valence-corrected chi connectivity index (χ3v) is 11.0. The van der Waals surface area contributed by atoms with Crippen LogP contribution in [0, 0.1) is 28.6 Å². The number of aliphatic hydroxyl groups is 1. The molecule has 42 heavy (non-hydrogen) atoms. The average Bonchev–Trinajstić information content (AvgIpc) is 3.31. The molecular formula is C34H45NO7. The Balaban J connectivity index is 1.17. The second-order valence-corrected chi connectivity index (χ2v) is 13.2. The van der Waals surface area contributed by atoms with Gasteiger partial charge in [0.1, 0.15) is 12.2 Å². The molecule has 1 aromatic carbocycles. The summed E-state index contributed by atoms with van der Waals surface area (Å²) in [5, 5.41) is 13.3. The fourth-order valence-corrected chi connectivity index (χ4v) is 8.73. The summed E-state index contributed by atoms with van der Waals surface area (Å²) in [5.41, 5.74) is 1.85. The number of carbonyl (C=O) groups excluding carboxylic acids is 4. The second kappa shape index (κ2) is 12.3. The summed E-state index contributed by atoms with van der Waals surface area (Å²) < 4.78 is 11.1. The van der Waals surface area contributed by atoms with Crippen molar-refractivity contribution < 1.29 is 33.8 Å². The molecule has 0 unspecified atom stereocenters. The van der Waals surface area contributed by atoms with E-state index in [0.717, 1.165) is 44.9 Å². The van der Waals surface area contributed by atoms with Crippen molar-refractivity contribution in [1.29, 1.82) is 0 Å². The van der Waals surface area contributed by atoms with E-state index >= 15 is 0 Å². The number of allylic oxidation sites excluding steroid dienone is 1. The highest BCUT2D eigenvalue weighted by Gasteiger charge is 2.60. The third kappa shape index (κ3) is 5.79. The third-order valence-electron chi connectivity index (χ3n) is 11.0. The Bertz CT molecular complexity index is 1230. The summed E-state index contributed by atoms with van der Waals surface area (Å²) in [6.45, 7) is 6.41. The van der Waals surface area contributed by atoms with Gasteiger partial charge in [-0.2, -0.15) is 0 Å². The molecule has 8 atom stereocenters. The number of nitrogens with one attached hydrogen (secondary N) is 1. The first-order valence-electron chi connectivity index (χ1n) is 15.7. The number of rotatable bonds is 9. The lowest BCUT2D eigenvalue weighted by atomic mass is 9.47.